The highest BCUT2D eigenvalue weighted by atomic mass is 16.2. The Morgan fingerprint density at radius 3 is 2.65 bits per heavy atom. The van der Waals surface area contributed by atoms with E-state index in [1.807, 2.05) is 0 Å². The van der Waals surface area contributed by atoms with Gasteiger partial charge in [-0.05, 0) is 43.2 Å². The lowest BCUT2D eigenvalue weighted by molar-refractivity contribution is -0.111. The molecule has 0 bridgehead atoms. The van der Waals surface area contributed by atoms with E-state index in [9.17, 15) is 9.59 Å². The van der Waals surface area contributed by atoms with E-state index >= 15 is 0 Å². The van der Waals surface area contributed by atoms with E-state index in [0.717, 1.165) is 19.4 Å². The molecule has 5 nitrogen and oxygen atoms in total. The van der Waals surface area contributed by atoms with E-state index in [-0.39, 0.29) is 17.9 Å². The van der Waals surface area contributed by atoms with Crippen LogP contribution in [0.3, 0.4) is 0 Å². The third-order valence-electron chi connectivity index (χ3n) is 3.33. The SMILES string of the molecule is C=CC(=O)Nc1ccc(C(=O)N2CCCC(N)C2)cc1. The van der Waals surface area contributed by atoms with Crippen molar-refractivity contribution in [3.63, 3.8) is 0 Å². The molecule has 106 valence electrons. The van der Waals surface area contributed by atoms with Gasteiger partial charge in [0.15, 0.2) is 0 Å². The lowest BCUT2D eigenvalue weighted by atomic mass is 10.1. The summed E-state index contributed by atoms with van der Waals surface area (Å²) in [6.07, 6.45) is 3.12. The highest BCUT2D eigenvalue weighted by Gasteiger charge is 2.22. The first-order chi connectivity index (χ1) is 9.60. The Kier molecular flexibility index (Phi) is 4.53. The summed E-state index contributed by atoms with van der Waals surface area (Å²) in [6, 6.07) is 6.90. The van der Waals surface area contributed by atoms with Gasteiger partial charge in [-0.15, -0.1) is 0 Å². The number of carbonyl (C=O) groups is 2. The van der Waals surface area contributed by atoms with E-state index in [0.29, 0.717) is 17.8 Å². The zero-order chi connectivity index (χ0) is 14.5. The molecule has 1 aliphatic rings. The van der Waals surface area contributed by atoms with Gasteiger partial charge in [0, 0.05) is 30.4 Å². The molecule has 2 rings (SSSR count). The molecule has 0 aliphatic carbocycles. The zero-order valence-corrected chi connectivity index (χ0v) is 11.3. The minimum Gasteiger partial charge on any atom is -0.337 e. The first-order valence-corrected chi connectivity index (χ1v) is 6.68. The Morgan fingerprint density at radius 1 is 1.35 bits per heavy atom. The fraction of sp³-hybridized carbons (Fsp3) is 0.333. The molecule has 1 aliphatic heterocycles. The van der Waals surface area contributed by atoms with E-state index < -0.39 is 0 Å². The molecule has 0 saturated carbocycles. The number of carbonyl (C=O) groups excluding carboxylic acids is 2. The molecule has 1 atom stereocenters. The molecule has 1 aromatic rings. The maximum Gasteiger partial charge on any atom is 0.253 e. The lowest BCUT2D eigenvalue weighted by Gasteiger charge is -2.30. The third kappa shape index (κ3) is 3.45. The number of anilines is 1. The Bertz CT molecular complexity index is 510. The Morgan fingerprint density at radius 2 is 2.05 bits per heavy atom. The molecule has 2 amide bonds. The van der Waals surface area contributed by atoms with Gasteiger partial charge < -0.3 is 16.0 Å². The van der Waals surface area contributed by atoms with E-state index in [1.165, 1.54) is 6.08 Å². The van der Waals surface area contributed by atoms with Crippen LogP contribution in [0.1, 0.15) is 23.2 Å². The topological polar surface area (TPSA) is 75.4 Å². The van der Waals surface area contributed by atoms with Crippen molar-refractivity contribution in [2.75, 3.05) is 18.4 Å². The summed E-state index contributed by atoms with van der Waals surface area (Å²) in [4.78, 5) is 25.3. The van der Waals surface area contributed by atoms with Crippen molar-refractivity contribution >= 4 is 17.5 Å². The van der Waals surface area contributed by atoms with Gasteiger partial charge in [-0.25, -0.2) is 0 Å². The van der Waals surface area contributed by atoms with Crippen LogP contribution in [-0.2, 0) is 4.79 Å². The number of amides is 2. The molecular formula is C15H19N3O2. The fourth-order valence-corrected chi connectivity index (χ4v) is 2.27. The summed E-state index contributed by atoms with van der Waals surface area (Å²) in [5, 5.41) is 2.64. The van der Waals surface area contributed by atoms with Crippen LogP contribution in [0.5, 0.6) is 0 Å². The molecule has 0 aromatic heterocycles. The number of likely N-dealkylation sites (tertiary alicyclic amines) is 1. The number of rotatable bonds is 3. The lowest BCUT2D eigenvalue weighted by Crippen LogP contribution is -2.45. The quantitative estimate of drug-likeness (QED) is 0.817. The number of nitrogens with two attached hydrogens (primary N) is 1. The summed E-state index contributed by atoms with van der Waals surface area (Å²) in [7, 11) is 0. The molecule has 0 spiro atoms. The van der Waals surface area contributed by atoms with Gasteiger partial charge >= 0.3 is 0 Å². The maximum atomic E-state index is 12.3. The largest absolute Gasteiger partial charge is 0.337 e. The van der Waals surface area contributed by atoms with Crippen molar-refractivity contribution in [2.24, 2.45) is 5.73 Å². The number of nitrogens with zero attached hydrogens (tertiary/aromatic N) is 1. The number of nitrogens with one attached hydrogen (secondary N) is 1. The number of piperidine rings is 1. The van der Waals surface area contributed by atoms with E-state index in [2.05, 4.69) is 11.9 Å². The third-order valence-corrected chi connectivity index (χ3v) is 3.33. The molecule has 5 heteroatoms. The second kappa shape index (κ2) is 6.34. The highest BCUT2D eigenvalue weighted by molar-refractivity contribution is 5.99. The molecule has 1 heterocycles. The van der Waals surface area contributed by atoms with E-state index in [4.69, 9.17) is 5.73 Å². The standard InChI is InChI=1S/C15H19N3O2/c1-2-14(19)17-13-7-5-11(6-8-13)15(20)18-9-3-4-12(16)10-18/h2,5-8,12H,1,3-4,9-10,16H2,(H,17,19). The van der Waals surface area contributed by atoms with Gasteiger partial charge in [-0.2, -0.15) is 0 Å². The predicted molar refractivity (Wildman–Crippen MR) is 78.4 cm³/mol. The molecule has 1 aromatic carbocycles. The molecule has 3 N–H and O–H groups in total. The first-order valence-electron chi connectivity index (χ1n) is 6.68. The average molecular weight is 273 g/mol. The van der Waals surface area contributed by atoms with Gasteiger partial charge in [-0.1, -0.05) is 6.58 Å². The highest BCUT2D eigenvalue weighted by Crippen LogP contribution is 2.15. The van der Waals surface area contributed by atoms with Gasteiger partial charge in [0.1, 0.15) is 0 Å². The Hall–Kier alpha value is -2.14. The second-order valence-electron chi connectivity index (χ2n) is 4.92. The van der Waals surface area contributed by atoms with Crippen LogP contribution in [0.2, 0.25) is 0 Å². The maximum absolute atomic E-state index is 12.3. The normalized spacial score (nSPS) is 18.4. The molecule has 1 saturated heterocycles. The van der Waals surface area contributed by atoms with Crippen LogP contribution in [0, 0.1) is 0 Å². The number of benzene rings is 1. The van der Waals surface area contributed by atoms with Gasteiger partial charge in [-0.3, -0.25) is 9.59 Å². The Labute approximate surface area is 118 Å². The smallest absolute Gasteiger partial charge is 0.253 e. The molecule has 1 fully saturated rings. The monoisotopic (exact) mass is 273 g/mol. The van der Waals surface area contributed by atoms with Gasteiger partial charge in [0.05, 0.1) is 0 Å². The van der Waals surface area contributed by atoms with Crippen LogP contribution >= 0.6 is 0 Å². The minimum absolute atomic E-state index is 0.0123. The average Bonchev–Trinajstić information content (AvgIpc) is 2.47. The van der Waals surface area contributed by atoms with Crippen molar-refractivity contribution < 1.29 is 9.59 Å². The molecule has 20 heavy (non-hydrogen) atoms. The number of hydrogen-bond donors (Lipinski definition) is 2. The summed E-state index contributed by atoms with van der Waals surface area (Å²) in [5.41, 5.74) is 7.13. The van der Waals surface area contributed by atoms with Crippen molar-refractivity contribution in [1.82, 2.24) is 4.90 Å². The van der Waals surface area contributed by atoms with Gasteiger partial charge in [0.25, 0.3) is 5.91 Å². The number of hydrogen-bond acceptors (Lipinski definition) is 3. The Balaban J connectivity index is 2.03. The van der Waals surface area contributed by atoms with E-state index in [1.54, 1.807) is 29.2 Å². The fourth-order valence-electron chi connectivity index (χ4n) is 2.27. The summed E-state index contributed by atoms with van der Waals surface area (Å²) >= 11 is 0. The first kappa shape index (κ1) is 14.3. The zero-order valence-electron chi connectivity index (χ0n) is 11.3. The van der Waals surface area contributed by atoms with Crippen LogP contribution in [0.15, 0.2) is 36.9 Å². The second-order valence-corrected chi connectivity index (χ2v) is 4.92. The van der Waals surface area contributed by atoms with Crippen molar-refractivity contribution in [2.45, 2.75) is 18.9 Å². The minimum atomic E-state index is -0.272. The summed E-state index contributed by atoms with van der Waals surface area (Å²) in [5.74, 6) is -0.284. The molecular weight excluding hydrogens is 254 g/mol. The summed E-state index contributed by atoms with van der Waals surface area (Å²) < 4.78 is 0. The van der Waals surface area contributed by atoms with Crippen molar-refractivity contribution in [3.05, 3.63) is 42.5 Å². The molecule has 0 radical (unpaired) electrons. The summed E-state index contributed by atoms with van der Waals surface area (Å²) in [6.45, 7) is 4.74. The van der Waals surface area contributed by atoms with Crippen LogP contribution in [0.4, 0.5) is 5.69 Å². The van der Waals surface area contributed by atoms with Crippen molar-refractivity contribution in [1.29, 1.82) is 0 Å². The van der Waals surface area contributed by atoms with Crippen molar-refractivity contribution in [3.8, 4) is 0 Å². The van der Waals surface area contributed by atoms with Crippen LogP contribution in [0.25, 0.3) is 0 Å². The van der Waals surface area contributed by atoms with Gasteiger partial charge in [0.2, 0.25) is 5.91 Å². The van der Waals surface area contributed by atoms with Crippen LogP contribution < -0.4 is 11.1 Å². The van der Waals surface area contributed by atoms with Crippen LogP contribution in [-0.4, -0.2) is 35.8 Å². The predicted octanol–water partition coefficient (Wildman–Crippen LogP) is 1.37. The molecule has 1 unspecified atom stereocenters.